The number of aromatic nitrogens is 2. The van der Waals surface area contributed by atoms with Crippen LogP contribution in [0.25, 0.3) is 21.5 Å². The second-order valence-electron chi connectivity index (χ2n) is 4.13. The standard InChI is InChI=1S/C14H10N2O2S/c1-8-15-12-7-9(5-6-13(12)19-8)10-3-2-4-11(16-10)14(17)18/h2-7H,1H3,(H,17,18). The number of hydrogen-bond donors (Lipinski definition) is 1. The van der Waals surface area contributed by atoms with Gasteiger partial charge in [-0.3, -0.25) is 0 Å². The van der Waals surface area contributed by atoms with E-state index in [4.69, 9.17) is 5.11 Å². The summed E-state index contributed by atoms with van der Waals surface area (Å²) in [7, 11) is 0. The molecule has 0 fully saturated rings. The Morgan fingerprint density at radius 2 is 2.05 bits per heavy atom. The maximum Gasteiger partial charge on any atom is 0.354 e. The molecule has 0 aliphatic carbocycles. The summed E-state index contributed by atoms with van der Waals surface area (Å²) in [6.45, 7) is 1.97. The minimum Gasteiger partial charge on any atom is -0.477 e. The molecule has 0 aliphatic heterocycles. The topological polar surface area (TPSA) is 63.1 Å². The van der Waals surface area contributed by atoms with Gasteiger partial charge >= 0.3 is 5.97 Å². The Bertz CT molecular complexity index is 780. The number of fused-ring (bicyclic) bond motifs is 1. The number of aryl methyl sites for hydroxylation is 1. The summed E-state index contributed by atoms with van der Waals surface area (Å²) in [5.74, 6) is -1.02. The van der Waals surface area contributed by atoms with Crippen molar-refractivity contribution < 1.29 is 9.90 Å². The van der Waals surface area contributed by atoms with Crippen LogP contribution >= 0.6 is 11.3 Å². The van der Waals surface area contributed by atoms with Gasteiger partial charge in [0.25, 0.3) is 0 Å². The Hall–Kier alpha value is -2.27. The molecule has 1 aromatic carbocycles. The molecule has 94 valence electrons. The van der Waals surface area contributed by atoms with E-state index in [9.17, 15) is 4.79 Å². The minimum atomic E-state index is -1.02. The first-order valence-electron chi connectivity index (χ1n) is 5.71. The highest BCUT2D eigenvalue weighted by Crippen LogP contribution is 2.26. The zero-order valence-corrected chi connectivity index (χ0v) is 10.9. The van der Waals surface area contributed by atoms with Crippen molar-refractivity contribution in [3.8, 4) is 11.3 Å². The molecule has 1 N–H and O–H groups in total. The highest BCUT2D eigenvalue weighted by Gasteiger charge is 2.08. The molecular weight excluding hydrogens is 260 g/mol. The highest BCUT2D eigenvalue weighted by molar-refractivity contribution is 7.18. The Kier molecular flexibility index (Phi) is 2.76. The zero-order chi connectivity index (χ0) is 13.4. The number of hydrogen-bond acceptors (Lipinski definition) is 4. The fraction of sp³-hybridized carbons (Fsp3) is 0.0714. The van der Waals surface area contributed by atoms with Crippen LogP contribution in [0.3, 0.4) is 0 Å². The van der Waals surface area contributed by atoms with Gasteiger partial charge in [-0.25, -0.2) is 14.8 Å². The number of pyridine rings is 1. The predicted octanol–water partition coefficient (Wildman–Crippen LogP) is 3.36. The van der Waals surface area contributed by atoms with Gasteiger partial charge in [0.2, 0.25) is 0 Å². The van der Waals surface area contributed by atoms with Crippen LogP contribution in [0.15, 0.2) is 36.4 Å². The third-order valence-electron chi connectivity index (χ3n) is 2.76. The van der Waals surface area contributed by atoms with E-state index in [1.165, 1.54) is 6.07 Å². The summed E-state index contributed by atoms with van der Waals surface area (Å²) in [4.78, 5) is 19.5. The lowest BCUT2D eigenvalue weighted by atomic mass is 10.1. The number of rotatable bonds is 2. The molecule has 5 heteroatoms. The highest BCUT2D eigenvalue weighted by atomic mass is 32.1. The lowest BCUT2D eigenvalue weighted by Crippen LogP contribution is -2.00. The van der Waals surface area contributed by atoms with E-state index < -0.39 is 5.97 Å². The smallest absolute Gasteiger partial charge is 0.354 e. The van der Waals surface area contributed by atoms with Crippen molar-refractivity contribution in [1.82, 2.24) is 9.97 Å². The summed E-state index contributed by atoms with van der Waals surface area (Å²) in [6, 6.07) is 10.8. The van der Waals surface area contributed by atoms with Crippen molar-refractivity contribution in [2.45, 2.75) is 6.92 Å². The van der Waals surface area contributed by atoms with Crippen molar-refractivity contribution in [2.75, 3.05) is 0 Å². The van der Waals surface area contributed by atoms with Crippen LogP contribution in [0.5, 0.6) is 0 Å². The molecule has 3 rings (SSSR count). The molecule has 0 spiro atoms. The van der Waals surface area contributed by atoms with E-state index in [1.807, 2.05) is 25.1 Å². The lowest BCUT2D eigenvalue weighted by Gasteiger charge is -2.02. The van der Waals surface area contributed by atoms with E-state index in [0.29, 0.717) is 5.69 Å². The Balaban J connectivity index is 2.12. The molecule has 0 atom stereocenters. The number of aromatic carboxylic acids is 1. The maximum atomic E-state index is 10.9. The average Bonchev–Trinajstić information content (AvgIpc) is 2.77. The van der Waals surface area contributed by atoms with Crippen molar-refractivity contribution in [1.29, 1.82) is 0 Å². The van der Waals surface area contributed by atoms with Gasteiger partial charge in [0.05, 0.1) is 20.9 Å². The quantitative estimate of drug-likeness (QED) is 0.775. The van der Waals surface area contributed by atoms with Crippen molar-refractivity contribution in [3.05, 3.63) is 47.1 Å². The molecule has 0 saturated heterocycles. The van der Waals surface area contributed by atoms with Gasteiger partial charge in [-0.15, -0.1) is 11.3 Å². The molecule has 2 heterocycles. The van der Waals surface area contributed by atoms with E-state index in [-0.39, 0.29) is 5.69 Å². The van der Waals surface area contributed by atoms with E-state index in [0.717, 1.165) is 20.8 Å². The summed E-state index contributed by atoms with van der Waals surface area (Å²) >= 11 is 1.64. The number of nitrogens with zero attached hydrogens (tertiary/aromatic N) is 2. The Labute approximate surface area is 113 Å². The third-order valence-corrected chi connectivity index (χ3v) is 3.71. The number of thiazole rings is 1. The van der Waals surface area contributed by atoms with Gasteiger partial charge < -0.3 is 5.11 Å². The van der Waals surface area contributed by atoms with Crippen LogP contribution in [-0.2, 0) is 0 Å². The first kappa shape index (κ1) is 11.8. The molecule has 4 nitrogen and oxygen atoms in total. The average molecular weight is 270 g/mol. The molecular formula is C14H10N2O2S. The van der Waals surface area contributed by atoms with Crippen LogP contribution in [-0.4, -0.2) is 21.0 Å². The van der Waals surface area contributed by atoms with Crippen LogP contribution in [0.1, 0.15) is 15.5 Å². The normalized spacial score (nSPS) is 10.8. The fourth-order valence-electron chi connectivity index (χ4n) is 1.92. The van der Waals surface area contributed by atoms with Crippen LogP contribution in [0.2, 0.25) is 0 Å². The zero-order valence-electron chi connectivity index (χ0n) is 10.1. The van der Waals surface area contributed by atoms with Gasteiger partial charge in [0, 0.05) is 5.56 Å². The van der Waals surface area contributed by atoms with Gasteiger partial charge in [-0.2, -0.15) is 0 Å². The van der Waals surface area contributed by atoms with Gasteiger partial charge in [-0.1, -0.05) is 12.1 Å². The monoisotopic (exact) mass is 270 g/mol. The number of carboxylic acid groups (broad SMARTS) is 1. The van der Waals surface area contributed by atoms with Gasteiger partial charge in [-0.05, 0) is 31.2 Å². The van der Waals surface area contributed by atoms with Crippen LogP contribution < -0.4 is 0 Å². The first-order valence-corrected chi connectivity index (χ1v) is 6.53. The Morgan fingerprint density at radius 1 is 1.21 bits per heavy atom. The first-order chi connectivity index (χ1) is 9.13. The number of carbonyl (C=O) groups is 1. The number of carboxylic acids is 1. The summed E-state index contributed by atoms with van der Waals surface area (Å²) < 4.78 is 1.12. The van der Waals surface area contributed by atoms with Crippen LogP contribution in [0.4, 0.5) is 0 Å². The minimum absolute atomic E-state index is 0.0482. The predicted molar refractivity (Wildman–Crippen MR) is 74.5 cm³/mol. The third kappa shape index (κ3) is 2.20. The largest absolute Gasteiger partial charge is 0.477 e. The van der Waals surface area contributed by atoms with E-state index in [2.05, 4.69) is 9.97 Å². The van der Waals surface area contributed by atoms with E-state index >= 15 is 0 Å². The Morgan fingerprint density at radius 3 is 2.84 bits per heavy atom. The van der Waals surface area contributed by atoms with E-state index in [1.54, 1.807) is 23.5 Å². The van der Waals surface area contributed by atoms with Gasteiger partial charge in [0.15, 0.2) is 0 Å². The van der Waals surface area contributed by atoms with Crippen molar-refractivity contribution >= 4 is 27.5 Å². The maximum absolute atomic E-state index is 10.9. The molecule has 2 aromatic heterocycles. The van der Waals surface area contributed by atoms with Crippen molar-refractivity contribution in [3.63, 3.8) is 0 Å². The summed E-state index contributed by atoms with van der Waals surface area (Å²) in [5, 5.41) is 9.97. The lowest BCUT2D eigenvalue weighted by molar-refractivity contribution is 0.0690. The molecule has 0 amide bonds. The van der Waals surface area contributed by atoms with Crippen LogP contribution in [0, 0.1) is 6.92 Å². The molecule has 0 radical (unpaired) electrons. The molecule has 0 bridgehead atoms. The molecule has 0 saturated carbocycles. The summed E-state index contributed by atoms with van der Waals surface area (Å²) in [6.07, 6.45) is 0. The molecule has 3 aromatic rings. The van der Waals surface area contributed by atoms with Gasteiger partial charge in [0.1, 0.15) is 5.69 Å². The molecule has 19 heavy (non-hydrogen) atoms. The second-order valence-corrected chi connectivity index (χ2v) is 5.36. The molecule has 0 unspecified atom stereocenters. The second kappa shape index (κ2) is 4.44. The summed E-state index contributed by atoms with van der Waals surface area (Å²) in [5.41, 5.74) is 2.49. The fourth-order valence-corrected chi connectivity index (χ4v) is 2.72. The molecule has 0 aliphatic rings. The SMILES string of the molecule is Cc1nc2cc(-c3cccc(C(=O)O)n3)ccc2s1. The van der Waals surface area contributed by atoms with Crippen molar-refractivity contribution in [2.24, 2.45) is 0 Å². The number of benzene rings is 1.